The lowest BCUT2D eigenvalue weighted by Gasteiger charge is -2.30. The van der Waals surface area contributed by atoms with Crippen LogP contribution in [0.5, 0.6) is 0 Å². The second-order valence-electron chi connectivity index (χ2n) is 6.25. The van der Waals surface area contributed by atoms with E-state index in [1.807, 2.05) is 22.4 Å². The number of aliphatic hydroxyl groups is 1. The van der Waals surface area contributed by atoms with Crippen molar-refractivity contribution in [3.05, 3.63) is 22.4 Å². The van der Waals surface area contributed by atoms with Gasteiger partial charge in [-0.15, -0.1) is 11.3 Å². The smallest absolute Gasteiger partial charge is 0.263 e. The molecule has 1 aromatic heterocycles. The van der Waals surface area contributed by atoms with Crippen LogP contribution >= 0.6 is 11.3 Å². The summed E-state index contributed by atoms with van der Waals surface area (Å²) in [7, 11) is 0. The van der Waals surface area contributed by atoms with Crippen LogP contribution in [0.25, 0.3) is 0 Å². The van der Waals surface area contributed by atoms with Gasteiger partial charge in [0, 0.05) is 32.2 Å². The third kappa shape index (κ3) is 3.47. The highest BCUT2D eigenvalue weighted by Gasteiger charge is 2.36. The maximum atomic E-state index is 12.4. The first kappa shape index (κ1) is 15.0. The molecule has 2 aliphatic rings. The summed E-state index contributed by atoms with van der Waals surface area (Å²) in [5, 5.41) is 11.6. The number of hydrogen-bond acceptors (Lipinski definition) is 4. The quantitative estimate of drug-likeness (QED) is 0.924. The summed E-state index contributed by atoms with van der Waals surface area (Å²) in [5.41, 5.74) is 0. The molecule has 2 fully saturated rings. The molecule has 5 heteroatoms. The molecule has 0 radical (unpaired) electrons. The predicted octanol–water partition coefficient (Wildman–Crippen LogP) is 1.91. The fourth-order valence-electron chi connectivity index (χ4n) is 3.55. The van der Waals surface area contributed by atoms with Gasteiger partial charge in [-0.05, 0) is 43.3 Å². The second-order valence-corrected chi connectivity index (χ2v) is 7.20. The van der Waals surface area contributed by atoms with Crippen LogP contribution in [0, 0.1) is 11.8 Å². The minimum absolute atomic E-state index is 0.129. The van der Waals surface area contributed by atoms with E-state index in [-0.39, 0.29) is 18.4 Å². The van der Waals surface area contributed by atoms with Gasteiger partial charge in [0.05, 0.1) is 4.88 Å². The zero-order valence-electron chi connectivity index (χ0n) is 12.4. The zero-order chi connectivity index (χ0) is 14.7. The third-order valence-corrected chi connectivity index (χ3v) is 5.63. The molecular formula is C16H24N2O2S. The highest BCUT2D eigenvalue weighted by Crippen LogP contribution is 2.27. The molecule has 0 spiro atoms. The average molecular weight is 308 g/mol. The first-order valence-electron chi connectivity index (χ1n) is 7.94. The topological polar surface area (TPSA) is 43.8 Å². The van der Waals surface area contributed by atoms with Crippen molar-refractivity contribution in [2.24, 2.45) is 11.8 Å². The predicted molar refractivity (Wildman–Crippen MR) is 84.6 cm³/mol. The monoisotopic (exact) mass is 308 g/mol. The van der Waals surface area contributed by atoms with Crippen molar-refractivity contribution < 1.29 is 9.90 Å². The van der Waals surface area contributed by atoms with Gasteiger partial charge in [0.1, 0.15) is 0 Å². The van der Waals surface area contributed by atoms with E-state index in [0.717, 1.165) is 18.0 Å². The number of aliphatic hydroxyl groups excluding tert-OH is 1. The van der Waals surface area contributed by atoms with Crippen molar-refractivity contribution in [1.29, 1.82) is 0 Å². The van der Waals surface area contributed by atoms with E-state index in [9.17, 15) is 9.90 Å². The third-order valence-electron chi connectivity index (χ3n) is 4.77. The first-order chi connectivity index (χ1) is 10.3. The van der Waals surface area contributed by atoms with E-state index in [1.165, 1.54) is 43.7 Å². The van der Waals surface area contributed by atoms with Crippen LogP contribution in [0.15, 0.2) is 17.5 Å². The van der Waals surface area contributed by atoms with E-state index in [1.54, 1.807) is 0 Å². The number of amides is 1. The molecule has 1 aromatic rings. The minimum Gasteiger partial charge on any atom is -0.396 e. The standard InChI is InChI=1S/C16H24N2O2S/c19-12-14-11-18(16(20)15-5-4-8-21-15)10-13(14)9-17-6-2-1-3-7-17/h4-5,8,13-14,19H,1-3,6-7,9-12H2/t13-,14-/m1/s1. The van der Waals surface area contributed by atoms with E-state index in [2.05, 4.69) is 4.90 Å². The summed E-state index contributed by atoms with van der Waals surface area (Å²) >= 11 is 1.50. The molecule has 1 N–H and O–H groups in total. The first-order valence-corrected chi connectivity index (χ1v) is 8.82. The maximum Gasteiger partial charge on any atom is 0.263 e. The molecule has 0 aromatic carbocycles. The van der Waals surface area contributed by atoms with E-state index in [4.69, 9.17) is 0 Å². The average Bonchev–Trinajstić information content (AvgIpc) is 3.17. The molecule has 2 aliphatic heterocycles. The van der Waals surface area contributed by atoms with Crippen molar-refractivity contribution in [3.8, 4) is 0 Å². The van der Waals surface area contributed by atoms with Crippen LogP contribution < -0.4 is 0 Å². The number of carbonyl (C=O) groups excluding carboxylic acids is 1. The van der Waals surface area contributed by atoms with Gasteiger partial charge in [0.15, 0.2) is 0 Å². The van der Waals surface area contributed by atoms with E-state index >= 15 is 0 Å². The Hall–Kier alpha value is -0.910. The Morgan fingerprint density at radius 3 is 2.67 bits per heavy atom. The number of hydrogen-bond donors (Lipinski definition) is 1. The summed E-state index contributed by atoms with van der Waals surface area (Å²) in [4.78, 5) is 17.7. The van der Waals surface area contributed by atoms with Gasteiger partial charge in [-0.25, -0.2) is 0 Å². The molecule has 4 nitrogen and oxygen atoms in total. The Balaban J connectivity index is 1.61. The molecule has 0 bridgehead atoms. The van der Waals surface area contributed by atoms with Gasteiger partial charge in [-0.3, -0.25) is 4.79 Å². The highest BCUT2D eigenvalue weighted by atomic mass is 32.1. The molecule has 3 heterocycles. The van der Waals surface area contributed by atoms with E-state index in [0.29, 0.717) is 12.5 Å². The molecule has 0 aliphatic carbocycles. The number of piperidine rings is 1. The number of thiophene rings is 1. The molecular weight excluding hydrogens is 284 g/mol. The summed E-state index contributed by atoms with van der Waals surface area (Å²) in [5.74, 6) is 0.775. The van der Waals surface area contributed by atoms with Crippen LogP contribution in [-0.2, 0) is 0 Å². The maximum absolute atomic E-state index is 12.4. The SMILES string of the molecule is O=C(c1cccs1)N1C[C@@H](CN2CCCCC2)[C@@H](CO)C1. The molecule has 1 amide bonds. The number of nitrogens with zero attached hydrogens (tertiary/aromatic N) is 2. The molecule has 2 saturated heterocycles. The second kappa shape index (κ2) is 6.90. The Labute approximate surface area is 130 Å². The largest absolute Gasteiger partial charge is 0.396 e. The van der Waals surface area contributed by atoms with Crippen LogP contribution in [0.3, 0.4) is 0 Å². The van der Waals surface area contributed by atoms with Crippen LogP contribution in [-0.4, -0.2) is 60.1 Å². The molecule has 21 heavy (non-hydrogen) atoms. The molecule has 3 rings (SSSR count). The zero-order valence-corrected chi connectivity index (χ0v) is 13.2. The molecule has 2 atom stereocenters. The highest BCUT2D eigenvalue weighted by molar-refractivity contribution is 7.12. The van der Waals surface area contributed by atoms with Crippen molar-refractivity contribution in [1.82, 2.24) is 9.80 Å². The van der Waals surface area contributed by atoms with Crippen molar-refractivity contribution in [3.63, 3.8) is 0 Å². The fourth-order valence-corrected chi connectivity index (χ4v) is 4.24. The number of likely N-dealkylation sites (tertiary alicyclic amines) is 2. The van der Waals surface area contributed by atoms with Gasteiger partial charge < -0.3 is 14.9 Å². The lowest BCUT2D eigenvalue weighted by molar-refractivity contribution is 0.0783. The Morgan fingerprint density at radius 1 is 1.24 bits per heavy atom. The van der Waals surface area contributed by atoms with Crippen LogP contribution in [0.1, 0.15) is 28.9 Å². The van der Waals surface area contributed by atoms with Crippen molar-refractivity contribution in [2.45, 2.75) is 19.3 Å². The van der Waals surface area contributed by atoms with Crippen LogP contribution in [0.2, 0.25) is 0 Å². The Morgan fingerprint density at radius 2 is 2.00 bits per heavy atom. The molecule has 0 saturated carbocycles. The van der Waals surface area contributed by atoms with Gasteiger partial charge in [-0.1, -0.05) is 12.5 Å². The molecule has 116 valence electrons. The van der Waals surface area contributed by atoms with Gasteiger partial charge >= 0.3 is 0 Å². The van der Waals surface area contributed by atoms with Gasteiger partial charge in [0.25, 0.3) is 5.91 Å². The van der Waals surface area contributed by atoms with E-state index < -0.39 is 0 Å². The van der Waals surface area contributed by atoms with Crippen molar-refractivity contribution in [2.75, 3.05) is 39.3 Å². The number of carbonyl (C=O) groups is 1. The fraction of sp³-hybridized carbons (Fsp3) is 0.688. The summed E-state index contributed by atoms with van der Waals surface area (Å²) in [6.07, 6.45) is 3.91. The van der Waals surface area contributed by atoms with Gasteiger partial charge in [0.2, 0.25) is 0 Å². The number of rotatable bonds is 4. The lowest BCUT2D eigenvalue weighted by Crippen LogP contribution is -2.37. The summed E-state index contributed by atoms with van der Waals surface area (Å²) in [6, 6.07) is 3.81. The van der Waals surface area contributed by atoms with Gasteiger partial charge in [-0.2, -0.15) is 0 Å². The van der Waals surface area contributed by atoms with Crippen molar-refractivity contribution >= 4 is 17.2 Å². The Bertz CT molecular complexity index is 457. The summed E-state index contributed by atoms with van der Waals surface area (Å²) < 4.78 is 0. The minimum atomic E-state index is 0.129. The van der Waals surface area contributed by atoms with Crippen LogP contribution in [0.4, 0.5) is 0 Å². The normalized spacial score (nSPS) is 27.2. The summed E-state index contributed by atoms with van der Waals surface area (Å²) in [6.45, 7) is 5.05. The Kier molecular flexibility index (Phi) is 4.93. The lowest BCUT2D eigenvalue weighted by atomic mass is 9.95. The molecule has 0 unspecified atom stereocenters.